The van der Waals surface area contributed by atoms with Gasteiger partial charge in [-0.1, -0.05) is 48.5 Å². The highest BCUT2D eigenvalue weighted by Gasteiger charge is 2.27. The third kappa shape index (κ3) is 4.02. The van der Waals surface area contributed by atoms with Crippen molar-refractivity contribution >= 4 is 27.2 Å². The fraction of sp³-hybridized carbons (Fsp3) is 0.227. The van der Waals surface area contributed by atoms with Gasteiger partial charge in [0, 0.05) is 11.7 Å². The number of hydrogen-bond acceptors (Lipinski definition) is 4. The van der Waals surface area contributed by atoms with Gasteiger partial charge in [0.25, 0.3) is 0 Å². The van der Waals surface area contributed by atoms with Crippen molar-refractivity contribution in [3.05, 3.63) is 84.1 Å². The molecule has 0 bridgehead atoms. The zero-order valence-corrected chi connectivity index (χ0v) is 16.6. The summed E-state index contributed by atoms with van der Waals surface area (Å²) >= 11 is 0. The van der Waals surface area contributed by atoms with Gasteiger partial charge in [-0.15, -0.1) is 0 Å². The van der Waals surface area contributed by atoms with E-state index in [1.165, 1.54) is 11.3 Å². The summed E-state index contributed by atoms with van der Waals surface area (Å²) < 4.78 is 27.4. The summed E-state index contributed by atoms with van der Waals surface area (Å²) in [7, 11) is -3.43. The number of fused-ring (bicyclic) bond motifs is 1. The number of nitrogens with one attached hydrogen (secondary N) is 1. The summed E-state index contributed by atoms with van der Waals surface area (Å²) in [6, 6.07) is 21.9. The molecule has 0 spiro atoms. The first-order valence-electron chi connectivity index (χ1n) is 9.39. The molecule has 0 radical (unpaired) electrons. The molecular formula is C22H23N3O2S. The quantitative estimate of drug-likeness (QED) is 0.683. The molecule has 0 saturated heterocycles. The molecule has 1 atom stereocenters. The first-order chi connectivity index (χ1) is 13.5. The zero-order valence-electron chi connectivity index (χ0n) is 15.7. The molecule has 0 saturated carbocycles. The SMILES string of the molecule is CC1Cc2ccccc2N1c1ccc(NS(=O)(=O)CCc2ccccc2)cn1. The van der Waals surface area contributed by atoms with E-state index in [1.54, 1.807) is 12.3 Å². The van der Waals surface area contributed by atoms with Crippen LogP contribution in [0.1, 0.15) is 18.1 Å². The minimum atomic E-state index is -3.43. The second kappa shape index (κ2) is 7.64. The molecule has 0 amide bonds. The van der Waals surface area contributed by atoms with Crippen molar-refractivity contribution in [3.8, 4) is 0 Å². The van der Waals surface area contributed by atoms with Crippen molar-refractivity contribution in [2.45, 2.75) is 25.8 Å². The first kappa shape index (κ1) is 18.5. The zero-order chi connectivity index (χ0) is 19.6. The highest BCUT2D eigenvalue weighted by molar-refractivity contribution is 7.92. The molecule has 1 aromatic heterocycles. The van der Waals surface area contributed by atoms with Crippen LogP contribution < -0.4 is 9.62 Å². The number of benzene rings is 2. The molecule has 4 rings (SSSR count). The molecule has 1 N–H and O–H groups in total. The van der Waals surface area contributed by atoms with E-state index in [4.69, 9.17) is 0 Å². The Labute approximate surface area is 166 Å². The van der Waals surface area contributed by atoms with Crippen LogP contribution >= 0.6 is 0 Å². The van der Waals surface area contributed by atoms with Crippen molar-refractivity contribution in [1.29, 1.82) is 0 Å². The standard InChI is InChI=1S/C22H23N3O2S/c1-17-15-19-9-5-6-10-21(19)25(17)22-12-11-20(16-23-22)24-28(26,27)14-13-18-7-3-2-4-8-18/h2-12,16-17,24H,13-15H2,1H3. The Hall–Kier alpha value is -2.86. The van der Waals surface area contributed by atoms with Crippen LogP contribution in [0.25, 0.3) is 0 Å². The number of para-hydroxylation sites is 1. The average Bonchev–Trinajstić information content (AvgIpc) is 3.03. The molecule has 5 nitrogen and oxygen atoms in total. The van der Waals surface area contributed by atoms with Crippen molar-refractivity contribution < 1.29 is 8.42 Å². The van der Waals surface area contributed by atoms with Crippen LogP contribution in [0.5, 0.6) is 0 Å². The predicted octanol–water partition coefficient (Wildman–Crippen LogP) is 4.15. The Morgan fingerprint density at radius 2 is 1.79 bits per heavy atom. The molecule has 3 aromatic rings. The summed E-state index contributed by atoms with van der Waals surface area (Å²) in [5.74, 6) is 0.861. The Balaban J connectivity index is 1.45. The van der Waals surface area contributed by atoms with Crippen molar-refractivity contribution in [1.82, 2.24) is 4.98 Å². The van der Waals surface area contributed by atoms with Crippen LogP contribution in [0, 0.1) is 0 Å². The summed E-state index contributed by atoms with van der Waals surface area (Å²) in [4.78, 5) is 6.71. The lowest BCUT2D eigenvalue weighted by atomic mass is 10.1. The number of anilines is 3. The number of nitrogens with zero attached hydrogens (tertiary/aromatic N) is 2. The number of pyridine rings is 1. The highest BCUT2D eigenvalue weighted by atomic mass is 32.2. The number of aryl methyl sites for hydroxylation is 1. The number of aromatic nitrogens is 1. The van der Waals surface area contributed by atoms with Gasteiger partial charge in [0.1, 0.15) is 5.82 Å². The molecular weight excluding hydrogens is 370 g/mol. The van der Waals surface area contributed by atoms with Gasteiger partial charge in [-0.05, 0) is 49.1 Å². The topological polar surface area (TPSA) is 62.3 Å². The second-order valence-corrected chi connectivity index (χ2v) is 8.96. The van der Waals surface area contributed by atoms with E-state index in [2.05, 4.69) is 39.7 Å². The monoisotopic (exact) mass is 393 g/mol. The van der Waals surface area contributed by atoms with Crippen LogP contribution in [-0.2, 0) is 22.9 Å². The van der Waals surface area contributed by atoms with Crippen LogP contribution in [0.3, 0.4) is 0 Å². The van der Waals surface area contributed by atoms with E-state index in [1.807, 2.05) is 42.5 Å². The van der Waals surface area contributed by atoms with Gasteiger partial charge >= 0.3 is 0 Å². The largest absolute Gasteiger partial charge is 0.323 e. The molecule has 6 heteroatoms. The van der Waals surface area contributed by atoms with Gasteiger partial charge in [-0.2, -0.15) is 0 Å². The van der Waals surface area contributed by atoms with Crippen molar-refractivity contribution in [3.63, 3.8) is 0 Å². The fourth-order valence-electron chi connectivity index (χ4n) is 3.63. The Bertz CT molecular complexity index is 1050. The Morgan fingerprint density at radius 3 is 2.54 bits per heavy atom. The van der Waals surface area contributed by atoms with Crippen LogP contribution in [-0.4, -0.2) is 25.2 Å². The Morgan fingerprint density at radius 1 is 1.04 bits per heavy atom. The predicted molar refractivity (Wildman–Crippen MR) is 114 cm³/mol. The molecule has 2 heterocycles. The normalized spacial score (nSPS) is 16.0. The van der Waals surface area contributed by atoms with Gasteiger partial charge in [-0.3, -0.25) is 4.72 Å². The molecule has 1 unspecified atom stereocenters. The van der Waals surface area contributed by atoms with E-state index in [-0.39, 0.29) is 5.75 Å². The minimum Gasteiger partial charge on any atom is -0.323 e. The number of sulfonamides is 1. The molecule has 0 fully saturated rings. The average molecular weight is 394 g/mol. The van der Waals surface area contributed by atoms with Gasteiger partial charge in [0.2, 0.25) is 10.0 Å². The van der Waals surface area contributed by atoms with Gasteiger partial charge in [-0.25, -0.2) is 13.4 Å². The van der Waals surface area contributed by atoms with Gasteiger partial charge in [0.15, 0.2) is 0 Å². The maximum atomic E-state index is 12.4. The Kier molecular flexibility index (Phi) is 5.05. The van der Waals surface area contributed by atoms with Crippen molar-refractivity contribution in [2.24, 2.45) is 0 Å². The smallest absolute Gasteiger partial charge is 0.233 e. The third-order valence-electron chi connectivity index (χ3n) is 4.98. The molecule has 1 aliphatic heterocycles. The van der Waals surface area contributed by atoms with Crippen LogP contribution in [0.2, 0.25) is 0 Å². The summed E-state index contributed by atoms with van der Waals surface area (Å²) in [5, 5.41) is 0. The van der Waals surface area contributed by atoms with E-state index in [0.717, 1.165) is 17.8 Å². The lowest BCUT2D eigenvalue weighted by molar-refractivity contribution is 0.600. The lowest BCUT2D eigenvalue weighted by Crippen LogP contribution is -2.25. The third-order valence-corrected chi connectivity index (χ3v) is 6.27. The first-order valence-corrected chi connectivity index (χ1v) is 11.0. The van der Waals surface area contributed by atoms with Crippen molar-refractivity contribution in [2.75, 3.05) is 15.4 Å². The summed E-state index contributed by atoms with van der Waals surface area (Å²) in [6.07, 6.45) is 3.04. The molecule has 1 aliphatic rings. The fourth-order valence-corrected chi connectivity index (χ4v) is 4.72. The minimum absolute atomic E-state index is 0.0370. The summed E-state index contributed by atoms with van der Waals surface area (Å²) in [6.45, 7) is 2.17. The number of hydrogen-bond donors (Lipinski definition) is 1. The molecule has 2 aromatic carbocycles. The van der Waals surface area contributed by atoms with E-state index in [9.17, 15) is 8.42 Å². The maximum absolute atomic E-state index is 12.4. The summed E-state index contributed by atoms with van der Waals surface area (Å²) in [5.41, 5.74) is 3.96. The van der Waals surface area contributed by atoms with Crippen LogP contribution in [0.15, 0.2) is 72.9 Å². The van der Waals surface area contributed by atoms with Gasteiger partial charge < -0.3 is 4.90 Å². The van der Waals surface area contributed by atoms with Crippen LogP contribution in [0.4, 0.5) is 17.2 Å². The highest BCUT2D eigenvalue weighted by Crippen LogP contribution is 2.37. The molecule has 144 valence electrons. The lowest BCUT2D eigenvalue weighted by Gasteiger charge is -2.24. The maximum Gasteiger partial charge on any atom is 0.233 e. The second-order valence-electron chi connectivity index (χ2n) is 7.11. The van der Waals surface area contributed by atoms with E-state index in [0.29, 0.717) is 18.2 Å². The van der Waals surface area contributed by atoms with E-state index >= 15 is 0 Å². The van der Waals surface area contributed by atoms with E-state index < -0.39 is 10.0 Å². The molecule has 28 heavy (non-hydrogen) atoms. The molecule has 0 aliphatic carbocycles. The number of rotatable bonds is 6. The van der Waals surface area contributed by atoms with Gasteiger partial charge in [0.05, 0.1) is 17.6 Å².